The Morgan fingerprint density at radius 1 is 1.32 bits per heavy atom. The number of para-hydroxylation sites is 1. The summed E-state index contributed by atoms with van der Waals surface area (Å²) in [6.45, 7) is 4.27. The molecule has 3 rings (SSSR count). The highest BCUT2D eigenvalue weighted by Crippen LogP contribution is 2.40. The van der Waals surface area contributed by atoms with Crippen LogP contribution in [0.2, 0.25) is 0 Å². The smallest absolute Gasteiger partial charge is 0.341 e. The van der Waals surface area contributed by atoms with E-state index in [2.05, 4.69) is 17.6 Å². The Hall–Kier alpha value is -1.92. The van der Waals surface area contributed by atoms with Crippen LogP contribution < -0.4 is 10.6 Å². The number of hydrogen-bond donors (Lipinski definition) is 2. The molecule has 0 bridgehead atoms. The lowest BCUT2D eigenvalue weighted by molar-refractivity contribution is 0.0601. The van der Waals surface area contributed by atoms with Crippen LogP contribution in [-0.4, -0.2) is 18.2 Å². The normalized spacial score (nSPS) is 16.0. The highest BCUT2D eigenvalue weighted by molar-refractivity contribution is 7.80. The summed E-state index contributed by atoms with van der Waals surface area (Å²) in [4.78, 5) is 13.6. The minimum Gasteiger partial charge on any atom is -0.465 e. The van der Waals surface area contributed by atoms with Crippen molar-refractivity contribution >= 4 is 45.3 Å². The minimum absolute atomic E-state index is 0.298. The first kappa shape index (κ1) is 17.9. The molecule has 1 atom stereocenters. The highest BCUT2D eigenvalue weighted by atomic mass is 32.1. The number of thiocarbonyl (C=S) groups is 1. The molecule has 0 fully saturated rings. The molecular weight excluding hydrogens is 352 g/mol. The van der Waals surface area contributed by atoms with Gasteiger partial charge in [0.15, 0.2) is 5.11 Å². The lowest BCUT2D eigenvalue weighted by Gasteiger charge is -2.18. The van der Waals surface area contributed by atoms with Gasteiger partial charge in [-0.2, -0.15) is 0 Å². The van der Waals surface area contributed by atoms with Crippen LogP contribution in [-0.2, 0) is 17.6 Å². The van der Waals surface area contributed by atoms with Gasteiger partial charge in [0.25, 0.3) is 0 Å². The van der Waals surface area contributed by atoms with Crippen molar-refractivity contribution in [3.05, 3.63) is 45.8 Å². The van der Waals surface area contributed by atoms with Crippen molar-refractivity contribution in [3.8, 4) is 0 Å². The zero-order valence-corrected chi connectivity index (χ0v) is 16.3. The maximum atomic E-state index is 12.3. The van der Waals surface area contributed by atoms with E-state index < -0.39 is 0 Å². The molecule has 0 spiro atoms. The third-order valence-electron chi connectivity index (χ3n) is 4.52. The van der Waals surface area contributed by atoms with E-state index in [4.69, 9.17) is 17.0 Å². The Kier molecular flexibility index (Phi) is 5.39. The second-order valence-corrected chi connectivity index (χ2v) is 7.95. The van der Waals surface area contributed by atoms with Crippen LogP contribution >= 0.6 is 23.6 Å². The summed E-state index contributed by atoms with van der Waals surface area (Å²) in [5.41, 5.74) is 3.83. The van der Waals surface area contributed by atoms with Crippen molar-refractivity contribution < 1.29 is 9.53 Å². The van der Waals surface area contributed by atoms with E-state index in [1.807, 2.05) is 31.2 Å². The maximum Gasteiger partial charge on any atom is 0.341 e. The number of esters is 1. The van der Waals surface area contributed by atoms with E-state index in [1.165, 1.54) is 12.0 Å². The Morgan fingerprint density at radius 2 is 2.08 bits per heavy atom. The molecule has 1 aromatic heterocycles. The Balaban J connectivity index is 1.85. The minimum atomic E-state index is -0.298. The third kappa shape index (κ3) is 3.85. The second kappa shape index (κ2) is 7.54. The largest absolute Gasteiger partial charge is 0.465 e. The van der Waals surface area contributed by atoms with Gasteiger partial charge in [0.05, 0.1) is 12.7 Å². The standard InChI is InChI=1S/C19H22N2O2S2/c1-11-8-9-13-15(10-11)25-17(16(13)18(22)23-3)21-19(24)20-14-7-5-4-6-12(14)2/h4-7,11H,8-10H2,1-3H3,(H2,20,21,24). The van der Waals surface area contributed by atoms with Crippen LogP contribution in [0.5, 0.6) is 0 Å². The SMILES string of the molecule is COC(=O)c1c(NC(=S)Nc2ccccc2C)sc2c1CCC(C)C2. The quantitative estimate of drug-likeness (QED) is 0.598. The van der Waals surface area contributed by atoms with Gasteiger partial charge in [-0.05, 0) is 61.5 Å². The monoisotopic (exact) mass is 374 g/mol. The van der Waals surface area contributed by atoms with Crippen molar-refractivity contribution in [2.45, 2.75) is 33.1 Å². The summed E-state index contributed by atoms with van der Waals surface area (Å²) < 4.78 is 5.01. The Labute approximate surface area is 157 Å². The van der Waals surface area contributed by atoms with Gasteiger partial charge in [-0.15, -0.1) is 11.3 Å². The van der Waals surface area contributed by atoms with Gasteiger partial charge in [0.1, 0.15) is 5.00 Å². The predicted molar refractivity (Wildman–Crippen MR) is 108 cm³/mol. The van der Waals surface area contributed by atoms with Gasteiger partial charge in [0.2, 0.25) is 0 Å². The lowest BCUT2D eigenvalue weighted by atomic mass is 9.88. The van der Waals surface area contributed by atoms with Crippen LogP contribution in [0, 0.1) is 12.8 Å². The average Bonchev–Trinajstić information content (AvgIpc) is 2.92. The first-order chi connectivity index (χ1) is 12.0. The first-order valence-corrected chi connectivity index (χ1v) is 9.58. The summed E-state index contributed by atoms with van der Waals surface area (Å²) >= 11 is 7.07. The van der Waals surface area contributed by atoms with E-state index in [-0.39, 0.29) is 5.97 Å². The van der Waals surface area contributed by atoms with E-state index in [0.717, 1.165) is 41.1 Å². The number of hydrogen-bond acceptors (Lipinski definition) is 4. The molecule has 2 aromatic rings. The summed E-state index contributed by atoms with van der Waals surface area (Å²) in [6.07, 6.45) is 3.01. The maximum absolute atomic E-state index is 12.3. The van der Waals surface area contributed by atoms with Crippen LogP contribution in [0.4, 0.5) is 10.7 Å². The van der Waals surface area contributed by atoms with Crippen LogP contribution in [0.15, 0.2) is 24.3 Å². The lowest BCUT2D eigenvalue weighted by Crippen LogP contribution is -2.21. The molecule has 132 valence electrons. The summed E-state index contributed by atoms with van der Waals surface area (Å²) in [7, 11) is 1.42. The summed E-state index contributed by atoms with van der Waals surface area (Å²) in [5, 5.41) is 7.67. The van der Waals surface area contributed by atoms with E-state index in [1.54, 1.807) is 11.3 Å². The fraction of sp³-hybridized carbons (Fsp3) is 0.368. The molecule has 0 radical (unpaired) electrons. The number of carbonyl (C=O) groups excluding carboxylic acids is 1. The number of methoxy groups -OCH3 is 1. The summed E-state index contributed by atoms with van der Waals surface area (Å²) in [5.74, 6) is 0.342. The number of anilines is 2. The molecule has 2 N–H and O–H groups in total. The number of aryl methyl sites for hydroxylation is 1. The van der Waals surface area contributed by atoms with Crippen LogP contribution in [0.1, 0.15) is 39.7 Å². The third-order valence-corrected chi connectivity index (χ3v) is 5.90. The van der Waals surface area contributed by atoms with Crippen molar-refractivity contribution in [1.82, 2.24) is 0 Å². The van der Waals surface area contributed by atoms with Gasteiger partial charge in [-0.3, -0.25) is 0 Å². The van der Waals surface area contributed by atoms with E-state index in [0.29, 0.717) is 16.6 Å². The number of fused-ring (bicyclic) bond motifs is 1. The molecule has 1 aromatic carbocycles. The fourth-order valence-corrected chi connectivity index (χ4v) is 4.81. The molecule has 1 unspecified atom stereocenters. The van der Waals surface area contributed by atoms with Crippen molar-refractivity contribution in [3.63, 3.8) is 0 Å². The topological polar surface area (TPSA) is 50.4 Å². The second-order valence-electron chi connectivity index (χ2n) is 6.44. The molecule has 1 aliphatic carbocycles. The number of rotatable bonds is 3. The van der Waals surface area contributed by atoms with Gasteiger partial charge in [0, 0.05) is 10.6 Å². The number of nitrogens with one attached hydrogen (secondary N) is 2. The molecule has 1 aliphatic rings. The number of benzene rings is 1. The predicted octanol–water partition coefficient (Wildman–Crippen LogP) is 4.78. The molecule has 4 nitrogen and oxygen atoms in total. The molecule has 0 saturated heterocycles. The van der Waals surface area contributed by atoms with Crippen LogP contribution in [0.25, 0.3) is 0 Å². The van der Waals surface area contributed by atoms with Gasteiger partial charge in [-0.25, -0.2) is 4.79 Å². The van der Waals surface area contributed by atoms with Crippen molar-refractivity contribution in [2.75, 3.05) is 17.7 Å². The van der Waals surface area contributed by atoms with Crippen molar-refractivity contribution in [2.24, 2.45) is 5.92 Å². The molecular formula is C19H22N2O2S2. The Bertz CT molecular complexity index is 814. The fourth-order valence-electron chi connectivity index (χ4n) is 3.13. The first-order valence-electron chi connectivity index (χ1n) is 8.36. The number of thiophene rings is 1. The zero-order valence-electron chi connectivity index (χ0n) is 14.6. The van der Waals surface area contributed by atoms with E-state index in [9.17, 15) is 4.79 Å². The average molecular weight is 375 g/mol. The Morgan fingerprint density at radius 3 is 2.80 bits per heavy atom. The molecule has 6 heteroatoms. The molecule has 1 heterocycles. The number of ether oxygens (including phenoxy) is 1. The van der Waals surface area contributed by atoms with Gasteiger partial charge < -0.3 is 15.4 Å². The van der Waals surface area contributed by atoms with E-state index >= 15 is 0 Å². The summed E-state index contributed by atoms with van der Waals surface area (Å²) in [6, 6.07) is 7.95. The molecule has 0 aliphatic heterocycles. The van der Waals surface area contributed by atoms with Crippen LogP contribution in [0.3, 0.4) is 0 Å². The highest BCUT2D eigenvalue weighted by Gasteiger charge is 2.28. The van der Waals surface area contributed by atoms with Crippen molar-refractivity contribution in [1.29, 1.82) is 0 Å². The number of carbonyl (C=O) groups is 1. The van der Waals surface area contributed by atoms with Gasteiger partial charge in [-0.1, -0.05) is 25.1 Å². The molecule has 25 heavy (non-hydrogen) atoms. The zero-order chi connectivity index (χ0) is 18.0. The molecule has 0 saturated carbocycles. The molecule has 0 amide bonds. The van der Waals surface area contributed by atoms with Gasteiger partial charge >= 0.3 is 5.97 Å².